The van der Waals surface area contributed by atoms with Crippen LogP contribution in [0.15, 0.2) is 0 Å². The number of hydrogen-bond donors (Lipinski definition) is 0. The fourth-order valence-corrected chi connectivity index (χ4v) is 7.66. The van der Waals surface area contributed by atoms with Gasteiger partial charge in [-0.15, -0.1) is 0 Å². The maximum Gasteiger partial charge on any atom is 0.306 e. The molecule has 0 saturated carbocycles. The topological polar surface area (TPSA) is 78.9 Å². The molecule has 0 radical (unpaired) electrons. The summed E-state index contributed by atoms with van der Waals surface area (Å²) in [7, 11) is 0. The van der Waals surface area contributed by atoms with Crippen LogP contribution in [0, 0.1) is 5.92 Å². The average Bonchev–Trinajstić information content (AvgIpc) is 3.21. The number of esters is 3. The Balaban J connectivity index is 4.26. The predicted octanol–water partition coefficient (Wildman–Crippen LogP) is 16.3. The van der Waals surface area contributed by atoms with Gasteiger partial charge in [-0.2, -0.15) is 0 Å². The molecule has 0 saturated heterocycles. The fourth-order valence-electron chi connectivity index (χ4n) is 7.66. The van der Waals surface area contributed by atoms with Gasteiger partial charge in [-0.25, -0.2) is 0 Å². The summed E-state index contributed by atoms with van der Waals surface area (Å²) in [5.41, 5.74) is 0. The highest BCUT2D eigenvalue weighted by atomic mass is 16.6. The molecule has 0 aromatic heterocycles. The lowest BCUT2D eigenvalue weighted by atomic mass is 9.99. The zero-order chi connectivity index (χ0) is 41.7. The van der Waals surface area contributed by atoms with Crippen molar-refractivity contribution in [2.75, 3.05) is 13.2 Å². The van der Waals surface area contributed by atoms with Gasteiger partial charge in [0.05, 0.1) is 0 Å². The van der Waals surface area contributed by atoms with Gasteiger partial charge in [0.2, 0.25) is 0 Å². The summed E-state index contributed by atoms with van der Waals surface area (Å²) in [5, 5.41) is 0. The van der Waals surface area contributed by atoms with E-state index in [4.69, 9.17) is 14.2 Å². The highest BCUT2D eigenvalue weighted by molar-refractivity contribution is 5.71. The van der Waals surface area contributed by atoms with Crippen LogP contribution >= 0.6 is 0 Å². The van der Waals surface area contributed by atoms with Gasteiger partial charge in [-0.1, -0.05) is 246 Å². The Labute approximate surface area is 355 Å². The molecule has 6 nitrogen and oxygen atoms in total. The Morgan fingerprint density at radius 3 is 0.912 bits per heavy atom. The van der Waals surface area contributed by atoms with E-state index in [1.165, 1.54) is 180 Å². The highest BCUT2D eigenvalue weighted by Gasteiger charge is 2.19. The van der Waals surface area contributed by atoms with Crippen molar-refractivity contribution in [2.45, 2.75) is 291 Å². The lowest BCUT2D eigenvalue weighted by molar-refractivity contribution is -0.167. The minimum absolute atomic E-state index is 0.0633. The summed E-state index contributed by atoms with van der Waals surface area (Å²) < 4.78 is 16.8. The zero-order valence-electron chi connectivity index (χ0n) is 38.8. The smallest absolute Gasteiger partial charge is 0.306 e. The number of ether oxygens (including phenoxy) is 3. The molecule has 0 N–H and O–H groups in total. The van der Waals surface area contributed by atoms with E-state index >= 15 is 0 Å². The van der Waals surface area contributed by atoms with E-state index in [9.17, 15) is 14.4 Å². The van der Waals surface area contributed by atoms with E-state index in [-0.39, 0.29) is 31.1 Å². The summed E-state index contributed by atoms with van der Waals surface area (Å²) in [6.45, 7) is 9.01. The number of carbonyl (C=O) groups is 3. The number of rotatable bonds is 46. The Kier molecular flexibility index (Phi) is 44.2. The Morgan fingerprint density at radius 1 is 0.351 bits per heavy atom. The standard InChI is InChI=1S/C51H98O6/c1-5-8-10-12-14-16-18-19-20-21-22-23-24-26-30-34-38-42-49(52)55-45-48(57-51(54)44-40-36-32-25-17-15-13-11-9-6-2)46-56-50(53)43-39-35-31-28-27-29-33-37-41-47(4)7-3/h47-48H,5-46H2,1-4H3/t47?,48-/m0/s1. The Hall–Kier alpha value is -1.59. The van der Waals surface area contributed by atoms with Crippen molar-refractivity contribution in [1.29, 1.82) is 0 Å². The maximum absolute atomic E-state index is 12.7. The summed E-state index contributed by atoms with van der Waals surface area (Å²) in [6.07, 6.45) is 46.5. The third kappa shape index (κ3) is 43.8. The highest BCUT2D eigenvalue weighted by Crippen LogP contribution is 2.17. The largest absolute Gasteiger partial charge is 0.462 e. The zero-order valence-corrected chi connectivity index (χ0v) is 38.8. The van der Waals surface area contributed by atoms with Crippen LogP contribution in [0.5, 0.6) is 0 Å². The second kappa shape index (κ2) is 45.5. The first-order valence-electron chi connectivity index (χ1n) is 25.4. The molecule has 57 heavy (non-hydrogen) atoms. The summed E-state index contributed by atoms with van der Waals surface area (Å²) in [5.74, 6) is -0.00125. The van der Waals surface area contributed by atoms with Crippen molar-refractivity contribution in [2.24, 2.45) is 5.92 Å². The quantitative estimate of drug-likeness (QED) is 0.0346. The fraction of sp³-hybridized carbons (Fsp3) is 0.941. The van der Waals surface area contributed by atoms with Gasteiger partial charge in [-0.05, 0) is 25.2 Å². The Bertz CT molecular complexity index is 859. The molecule has 338 valence electrons. The molecule has 6 heteroatoms. The van der Waals surface area contributed by atoms with E-state index in [1.54, 1.807) is 0 Å². The monoisotopic (exact) mass is 807 g/mol. The minimum atomic E-state index is -0.760. The molecule has 0 amide bonds. The van der Waals surface area contributed by atoms with Crippen molar-refractivity contribution in [3.05, 3.63) is 0 Å². The van der Waals surface area contributed by atoms with Gasteiger partial charge in [0.15, 0.2) is 6.10 Å². The molecule has 0 spiro atoms. The summed E-state index contributed by atoms with van der Waals surface area (Å²) in [6, 6.07) is 0. The predicted molar refractivity (Wildman–Crippen MR) is 243 cm³/mol. The van der Waals surface area contributed by atoms with Crippen molar-refractivity contribution in [1.82, 2.24) is 0 Å². The van der Waals surface area contributed by atoms with E-state index in [0.29, 0.717) is 19.3 Å². The molecule has 0 aliphatic heterocycles. The molecule has 0 fully saturated rings. The molecule has 0 aromatic rings. The van der Waals surface area contributed by atoms with Crippen molar-refractivity contribution in [3.63, 3.8) is 0 Å². The van der Waals surface area contributed by atoms with Gasteiger partial charge < -0.3 is 14.2 Å². The third-order valence-electron chi connectivity index (χ3n) is 11.9. The minimum Gasteiger partial charge on any atom is -0.462 e. The van der Waals surface area contributed by atoms with E-state index in [1.807, 2.05) is 0 Å². The third-order valence-corrected chi connectivity index (χ3v) is 11.9. The first kappa shape index (κ1) is 55.4. The summed E-state index contributed by atoms with van der Waals surface area (Å²) in [4.78, 5) is 37.8. The lowest BCUT2D eigenvalue weighted by Crippen LogP contribution is -2.30. The first-order valence-corrected chi connectivity index (χ1v) is 25.4. The van der Waals surface area contributed by atoms with Gasteiger partial charge in [-0.3, -0.25) is 14.4 Å². The van der Waals surface area contributed by atoms with Crippen LogP contribution in [-0.4, -0.2) is 37.2 Å². The van der Waals surface area contributed by atoms with E-state index in [2.05, 4.69) is 27.7 Å². The maximum atomic E-state index is 12.7. The van der Waals surface area contributed by atoms with Crippen LogP contribution in [-0.2, 0) is 28.6 Å². The summed E-state index contributed by atoms with van der Waals surface area (Å²) >= 11 is 0. The lowest BCUT2D eigenvalue weighted by Gasteiger charge is -2.18. The van der Waals surface area contributed by atoms with Crippen molar-refractivity contribution < 1.29 is 28.6 Å². The van der Waals surface area contributed by atoms with Crippen LogP contribution in [0.4, 0.5) is 0 Å². The van der Waals surface area contributed by atoms with Gasteiger partial charge in [0.25, 0.3) is 0 Å². The van der Waals surface area contributed by atoms with E-state index < -0.39 is 6.10 Å². The second-order valence-corrected chi connectivity index (χ2v) is 17.7. The molecular weight excluding hydrogens is 709 g/mol. The molecule has 0 aliphatic carbocycles. The van der Waals surface area contributed by atoms with Gasteiger partial charge in [0, 0.05) is 19.3 Å². The van der Waals surface area contributed by atoms with Crippen molar-refractivity contribution >= 4 is 17.9 Å². The molecule has 1 unspecified atom stereocenters. The molecule has 0 rings (SSSR count). The first-order chi connectivity index (χ1) is 27.9. The molecule has 0 heterocycles. The van der Waals surface area contributed by atoms with Crippen LogP contribution in [0.25, 0.3) is 0 Å². The molecule has 0 aliphatic rings. The van der Waals surface area contributed by atoms with Gasteiger partial charge in [0.1, 0.15) is 13.2 Å². The second-order valence-electron chi connectivity index (χ2n) is 17.7. The van der Waals surface area contributed by atoms with Crippen LogP contribution in [0.2, 0.25) is 0 Å². The molecule has 0 aromatic carbocycles. The normalized spacial score (nSPS) is 12.4. The van der Waals surface area contributed by atoms with Crippen molar-refractivity contribution in [3.8, 4) is 0 Å². The van der Waals surface area contributed by atoms with Crippen LogP contribution in [0.1, 0.15) is 285 Å². The number of hydrogen-bond acceptors (Lipinski definition) is 6. The SMILES string of the molecule is CCCCCCCCCCCCCCCCCCCC(=O)OC[C@@H](COC(=O)CCCCCCCCCCC(C)CC)OC(=O)CCCCCCCCCCCC. The number of unbranched alkanes of at least 4 members (excludes halogenated alkanes) is 32. The van der Waals surface area contributed by atoms with Gasteiger partial charge >= 0.3 is 17.9 Å². The van der Waals surface area contributed by atoms with Crippen LogP contribution < -0.4 is 0 Å². The Morgan fingerprint density at radius 2 is 0.614 bits per heavy atom. The average molecular weight is 807 g/mol. The molecular formula is C51H98O6. The molecule has 2 atom stereocenters. The number of carbonyl (C=O) groups excluding carboxylic acids is 3. The molecule has 0 bridgehead atoms. The van der Waals surface area contributed by atoms with Crippen LogP contribution in [0.3, 0.4) is 0 Å². The van der Waals surface area contributed by atoms with E-state index in [0.717, 1.165) is 63.7 Å².